The predicted molar refractivity (Wildman–Crippen MR) is 58.1 cm³/mol. The molecule has 0 aromatic heterocycles. The Labute approximate surface area is 94.4 Å². The fourth-order valence-corrected chi connectivity index (χ4v) is 2.69. The lowest BCUT2D eigenvalue weighted by atomic mass is 9.94. The maximum atomic E-state index is 11.9. The molecule has 1 saturated carbocycles. The van der Waals surface area contributed by atoms with Crippen molar-refractivity contribution in [2.75, 3.05) is 0 Å². The average molecular weight is 218 g/mol. The van der Waals surface area contributed by atoms with Crippen molar-refractivity contribution in [1.29, 1.82) is 0 Å². The van der Waals surface area contributed by atoms with Gasteiger partial charge in [-0.2, -0.15) is 0 Å². The molecule has 4 atom stereocenters. The van der Waals surface area contributed by atoms with Crippen LogP contribution in [0, 0.1) is 17.8 Å². The summed E-state index contributed by atoms with van der Waals surface area (Å²) in [7, 11) is 0. The largest absolute Gasteiger partial charge is 0.459 e. The molecule has 2 aliphatic carbocycles. The summed E-state index contributed by atoms with van der Waals surface area (Å²) >= 11 is 0. The minimum atomic E-state index is -0.541. The van der Waals surface area contributed by atoms with Crippen LogP contribution in [0.3, 0.4) is 0 Å². The molecule has 3 heteroatoms. The number of carbonyl (C=O) groups excluding carboxylic acids is 1. The number of carbonyl (C=O) groups is 1. The molecular weight excluding hydrogens is 204 g/mol. The van der Waals surface area contributed by atoms with Gasteiger partial charge in [-0.1, -0.05) is 18.2 Å². The molecule has 3 rings (SSSR count). The highest BCUT2D eigenvalue weighted by molar-refractivity contribution is 5.74. The van der Waals surface area contributed by atoms with Crippen molar-refractivity contribution in [2.24, 2.45) is 17.8 Å². The number of esters is 1. The van der Waals surface area contributed by atoms with Crippen LogP contribution in [0.4, 0.5) is 0 Å². The van der Waals surface area contributed by atoms with E-state index in [2.05, 4.69) is 12.2 Å². The monoisotopic (exact) mass is 218 g/mol. The lowest BCUT2D eigenvalue weighted by molar-refractivity contribution is -0.167. The highest BCUT2D eigenvalue weighted by Gasteiger charge is 2.41. The summed E-state index contributed by atoms with van der Waals surface area (Å²) in [6, 6.07) is 0. The van der Waals surface area contributed by atoms with E-state index in [0.29, 0.717) is 11.8 Å². The van der Waals surface area contributed by atoms with E-state index in [9.17, 15) is 4.79 Å². The lowest BCUT2D eigenvalue weighted by Crippen LogP contribution is -2.27. The average Bonchev–Trinajstić information content (AvgIpc) is 2.92. The number of allylic oxidation sites excluding steroid dienone is 4. The number of rotatable bonds is 2. The van der Waals surface area contributed by atoms with Crippen LogP contribution >= 0.6 is 0 Å². The van der Waals surface area contributed by atoms with Gasteiger partial charge in [0, 0.05) is 0 Å². The summed E-state index contributed by atoms with van der Waals surface area (Å²) in [6.45, 7) is 0. The highest BCUT2D eigenvalue weighted by atomic mass is 16.7. The topological polar surface area (TPSA) is 35.5 Å². The SMILES string of the molecule is O=C(OC1C=CC=CO1)C1CC2C=CC1C2. The maximum absolute atomic E-state index is 11.9. The summed E-state index contributed by atoms with van der Waals surface area (Å²) in [4.78, 5) is 11.9. The Kier molecular flexibility index (Phi) is 2.31. The van der Waals surface area contributed by atoms with Crippen LogP contribution in [0.2, 0.25) is 0 Å². The third kappa shape index (κ3) is 1.66. The van der Waals surface area contributed by atoms with Crippen LogP contribution in [0.1, 0.15) is 12.8 Å². The number of ether oxygens (including phenoxy) is 2. The fourth-order valence-electron chi connectivity index (χ4n) is 2.69. The van der Waals surface area contributed by atoms with Crippen molar-refractivity contribution < 1.29 is 14.3 Å². The second-order valence-corrected chi connectivity index (χ2v) is 4.54. The third-order valence-electron chi connectivity index (χ3n) is 3.48. The zero-order valence-corrected chi connectivity index (χ0v) is 8.91. The molecule has 2 bridgehead atoms. The van der Waals surface area contributed by atoms with Gasteiger partial charge >= 0.3 is 5.97 Å². The van der Waals surface area contributed by atoms with Crippen molar-refractivity contribution >= 4 is 5.97 Å². The quantitative estimate of drug-likeness (QED) is 0.526. The summed E-state index contributed by atoms with van der Waals surface area (Å²) in [5.74, 6) is 0.894. The number of hydrogen-bond acceptors (Lipinski definition) is 3. The molecule has 16 heavy (non-hydrogen) atoms. The molecule has 0 N–H and O–H groups in total. The first-order valence-electron chi connectivity index (χ1n) is 5.70. The molecule has 0 radical (unpaired) electrons. The van der Waals surface area contributed by atoms with Crippen LogP contribution in [-0.2, 0) is 14.3 Å². The van der Waals surface area contributed by atoms with Gasteiger partial charge < -0.3 is 9.47 Å². The first-order chi connectivity index (χ1) is 7.83. The second kappa shape index (κ2) is 3.81. The second-order valence-electron chi connectivity index (χ2n) is 4.54. The predicted octanol–water partition coefficient (Wildman–Crippen LogP) is 2.17. The molecule has 84 valence electrons. The van der Waals surface area contributed by atoms with Gasteiger partial charge in [-0.05, 0) is 36.8 Å². The normalized spacial score (nSPS) is 38.8. The van der Waals surface area contributed by atoms with Gasteiger partial charge in [0.1, 0.15) is 0 Å². The van der Waals surface area contributed by atoms with Crippen LogP contribution in [-0.4, -0.2) is 12.3 Å². The van der Waals surface area contributed by atoms with Crippen LogP contribution in [0.5, 0.6) is 0 Å². The Hall–Kier alpha value is -1.51. The van der Waals surface area contributed by atoms with E-state index in [1.54, 1.807) is 18.4 Å². The molecule has 0 spiro atoms. The molecular formula is C13H14O3. The third-order valence-corrected chi connectivity index (χ3v) is 3.48. The van der Waals surface area contributed by atoms with Gasteiger partial charge in [0.25, 0.3) is 6.29 Å². The Bertz CT molecular complexity index is 381. The van der Waals surface area contributed by atoms with Crippen LogP contribution in [0.15, 0.2) is 36.6 Å². The fraction of sp³-hybridized carbons (Fsp3) is 0.462. The minimum Gasteiger partial charge on any atom is -0.459 e. The molecule has 0 amide bonds. The van der Waals surface area contributed by atoms with E-state index in [-0.39, 0.29) is 11.9 Å². The van der Waals surface area contributed by atoms with E-state index >= 15 is 0 Å². The zero-order valence-electron chi connectivity index (χ0n) is 8.91. The van der Waals surface area contributed by atoms with Crippen molar-refractivity contribution in [3.05, 3.63) is 36.6 Å². The van der Waals surface area contributed by atoms with Gasteiger partial charge in [-0.15, -0.1) is 0 Å². The number of fused-ring (bicyclic) bond motifs is 2. The summed E-state index contributed by atoms with van der Waals surface area (Å²) in [5, 5.41) is 0. The standard InChI is InChI=1S/C13H14O3/c14-13(16-12-3-1-2-6-15-12)11-8-9-4-5-10(11)7-9/h1-6,9-12H,7-8H2. The molecule has 0 aromatic rings. The van der Waals surface area contributed by atoms with E-state index in [1.807, 2.05) is 6.08 Å². The van der Waals surface area contributed by atoms with Crippen LogP contribution in [0.25, 0.3) is 0 Å². The van der Waals surface area contributed by atoms with E-state index in [4.69, 9.17) is 9.47 Å². The maximum Gasteiger partial charge on any atom is 0.312 e. The first-order valence-corrected chi connectivity index (χ1v) is 5.70. The summed E-state index contributed by atoms with van der Waals surface area (Å²) in [5.41, 5.74) is 0. The molecule has 3 aliphatic rings. The summed E-state index contributed by atoms with van der Waals surface area (Å²) in [6.07, 6.45) is 12.7. The van der Waals surface area contributed by atoms with Crippen LogP contribution < -0.4 is 0 Å². The molecule has 1 heterocycles. The Morgan fingerprint density at radius 1 is 1.19 bits per heavy atom. The van der Waals surface area contributed by atoms with Gasteiger partial charge in [-0.25, -0.2) is 0 Å². The van der Waals surface area contributed by atoms with Gasteiger partial charge in [-0.3, -0.25) is 4.79 Å². The zero-order chi connectivity index (χ0) is 11.0. The van der Waals surface area contributed by atoms with Crippen molar-refractivity contribution in [3.63, 3.8) is 0 Å². The van der Waals surface area contributed by atoms with Gasteiger partial charge in [0.2, 0.25) is 0 Å². The molecule has 0 aromatic carbocycles. The van der Waals surface area contributed by atoms with Crippen molar-refractivity contribution in [2.45, 2.75) is 19.1 Å². The minimum absolute atomic E-state index is 0.0397. The van der Waals surface area contributed by atoms with E-state index < -0.39 is 6.29 Å². The Morgan fingerprint density at radius 3 is 2.75 bits per heavy atom. The van der Waals surface area contributed by atoms with Gasteiger partial charge in [0.05, 0.1) is 12.2 Å². The number of hydrogen-bond donors (Lipinski definition) is 0. The van der Waals surface area contributed by atoms with Gasteiger partial charge in [0.15, 0.2) is 0 Å². The Balaban J connectivity index is 1.60. The molecule has 0 saturated heterocycles. The molecule has 3 nitrogen and oxygen atoms in total. The smallest absolute Gasteiger partial charge is 0.312 e. The summed E-state index contributed by atoms with van der Waals surface area (Å²) < 4.78 is 10.5. The first kappa shape index (κ1) is 9.70. The van der Waals surface area contributed by atoms with E-state index in [0.717, 1.165) is 12.8 Å². The Morgan fingerprint density at radius 2 is 2.12 bits per heavy atom. The lowest BCUT2D eigenvalue weighted by Gasteiger charge is -2.21. The van der Waals surface area contributed by atoms with Crippen molar-refractivity contribution in [3.8, 4) is 0 Å². The van der Waals surface area contributed by atoms with Crippen molar-refractivity contribution in [1.82, 2.24) is 0 Å². The molecule has 1 aliphatic heterocycles. The van der Waals surface area contributed by atoms with E-state index in [1.165, 1.54) is 0 Å². The molecule has 1 fully saturated rings. The highest BCUT2D eigenvalue weighted by Crippen LogP contribution is 2.44. The molecule has 4 unspecified atom stereocenters.